The van der Waals surface area contributed by atoms with Crippen molar-refractivity contribution in [2.75, 3.05) is 6.61 Å². The molecule has 4 aromatic rings. The van der Waals surface area contributed by atoms with Crippen molar-refractivity contribution in [3.8, 4) is 22.5 Å². The van der Waals surface area contributed by atoms with Gasteiger partial charge in [-0.05, 0) is 42.2 Å². The number of tetrazole rings is 1. The van der Waals surface area contributed by atoms with Crippen molar-refractivity contribution < 1.29 is 19.4 Å². The van der Waals surface area contributed by atoms with Crippen LogP contribution in [0.5, 0.6) is 0 Å². The standard InChI is InChI=1S/C25H28N6O4/c1-4-13-34-15-20-26-21(22(27-20)25(2,3)33)24(32)35-14-16-9-11-17(12-10-16)18-7-5-6-8-19(18)23-28-30-31-29-23/h5-12,33H,4,13-15H2,1-3H3,(H,26,27)(H,28,29,30,31). The Morgan fingerprint density at radius 3 is 2.46 bits per heavy atom. The number of H-pyrrole nitrogens is 2. The van der Waals surface area contributed by atoms with Gasteiger partial charge >= 0.3 is 5.97 Å². The summed E-state index contributed by atoms with van der Waals surface area (Å²) in [6, 6.07) is 15.5. The Balaban J connectivity index is 1.46. The molecule has 0 aliphatic carbocycles. The van der Waals surface area contributed by atoms with Crippen LogP contribution in [0.4, 0.5) is 0 Å². The summed E-state index contributed by atoms with van der Waals surface area (Å²) < 4.78 is 11.0. The molecule has 0 fully saturated rings. The van der Waals surface area contributed by atoms with Gasteiger partial charge in [-0.3, -0.25) is 0 Å². The van der Waals surface area contributed by atoms with E-state index in [0.29, 0.717) is 23.9 Å². The Morgan fingerprint density at radius 2 is 1.80 bits per heavy atom. The predicted octanol–water partition coefficient (Wildman–Crippen LogP) is 3.77. The molecule has 0 atom stereocenters. The number of nitrogens with one attached hydrogen (secondary N) is 2. The second kappa shape index (κ2) is 10.6. The van der Waals surface area contributed by atoms with Crippen molar-refractivity contribution in [1.82, 2.24) is 30.6 Å². The van der Waals surface area contributed by atoms with Crippen LogP contribution in [0.2, 0.25) is 0 Å². The van der Waals surface area contributed by atoms with Crippen LogP contribution in [-0.4, -0.2) is 48.3 Å². The maximum atomic E-state index is 12.8. The van der Waals surface area contributed by atoms with Crippen LogP contribution in [-0.2, 0) is 28.3 Å². The Labute approximate surface area is 202 Å². The summed E-state index contributed by atoms with van der Waals surface area (Å²) in [5.41, 5.74) is 2.65. The van der Waals surface area contributed by atoms with Crippen LogP contribution in [0.15, 0.2) is 48.5 Å². The minimum absolute atomic E-state index is 0.0539. The monoisotopic (exact) mass is 476 g/mol. The third kappa shape index (κ3) is 5.79. The van der Waals surface area contributed by atoms with E-state index in [2.05, 4.69) is 30.6 Å². The summed E-state index contributed by atoms with van der Waals surface area (Å²) in [6.45, 7) is 6.03. The number of aromatic amines is 2. The Morgan fingerprint density at radius 1 is 1.06 bits per heavy atom. The highest BCUT2D eigenvalue weighted by Gasteiger charge is 2.29. The quantitative estimate of drug-likeness (QED) is 0.232. The summed E-state index contributed by atoms with van der Waals surface area (Å²) in [7, 11) is 0. The van der Waals surface area contributed by atoms with Gasteiger partial charge < -0.3 is 19.6 Å². The van der Waals surface area contributed by atoms with E-state index in [1.54, 1.807) is 13.8 Å². The zero-order valence-corrected chi connectivity index (χ0v) is 19.9. The van der Waals surface area contributed by atoms with Gasteiger partial charge in [0.15, 0.2) is 5.69 Å². The van der Waals surface area contributed by atoms with Gasteiger partial charge in [0, 0.05) is 12.2 Å². The maximum Gasteiger partial charge on any atom is 0.359 e. The fourth-order valence-electron chi connectivity index (χ4n) is 3.60. The number of aromatic nitrogens is 6. The SMILES string of the molecule is CCCOCc1nc(C(=O)OCc2ccc(-c3ccccc3-c3nn[nH]n3)cc2)c(C(C)(C)O)[nH]1. The Kier molecular flexibility index (Phi) is 7.33. The van der Waals surface area contributed by atoms with Gasteiger partial charge in [0.25, 0.3) is 0 Å². The van der Waals surface area contributed by atoms with E-state index in [4.69, 9.17) is 9.47 Å². The number of hydrogen-bond acceptors (Lipinski definition) is 8. The zero-order chi connectivity index (χ0) is 24.8. The molecular formula is C25H28N6O4. The molecule has 10 heteroatoms. The number of aliphatic hydroxyl groups is 1. The van der Waals surface area contributed by atoms with E-state index in [-0.39, 0.29) is 18.9 Å². The minimum atomic E-state index is -1.29. The van der Waals surface area contributed by atoms with Crippen molar-refractivity contribution in [2.45, 2.75) is 46.0 Å². The molecule has 0 unspecified atom stereocenters. The topological polar surface area (TPSA) is 139 Å². The molecule has 0 bridgehead atoms. The first-order chi connectivity index (χ1) is 16.9. The van der Waals surface area contributed by atoms with Crippen molar-refractivity contribution in [1.29, 1.82) is 0 Å². The first-order valence-electron chi connectivity index (χ1n) is 11.4. The molecule has 4 rings (SSSR count). The number of ether oxygens (including phenoxy) is 2. The van der Waals surface area contributed by atoms with E-state index in [1.165, 1.54) is 0 Å². The Bertz CT molecular complexity index is 1260. The third-order valence-corrected chi connectivity index (χ3v) is 5.29. The highest BCUT2D eigenvalue weighted by molar-refractivity contribution is 5.89. The lowest BCUT2D eigenvalue weighted by atomic mass is 9.98. The molecule has 35 heavy (non-hydrogen) atoms. The Hall–Kier alpha value is -3.89. The van der Waals surface area contributed by atoms with Gasteiger partial charge in [0.1, 0.15) is 24.6 Å². The maximum absolute atomic E-state index is 12.8. The number of rotatable bonds is 10. The molecule has 0 aliphatic rings. The molecule has 0 radical (unpaired) electrons. The average molecular weight is 477 g/mol. The van der Waals surface area contributed by atoms with Crippen LogP contribution in [0.3, 0.4) is 0 Å². The second-order valence-corrected chi connectivity index (χ2v) is 8.57. The summed E-state index contributed by atoms with van der Waals surface area (Å²) in [4.78, 5) is 20.1. The van der Waals surface area contributed by atoms with Crippen LogP contribution in [0, 0.1) is 0 Å². The fourth-order valence-corrected chi connectivity index (χ4v) is 3.60. The van der Waals surface area contributed by atoms with E-state index in [0.717, 1.165) is 28.7 Å². The van der Waals surface area contributed by atoms with Gasteiger partial charge in [0.05, 0.1) is 5.69 Å². The zero-order valence-electron chi connectivity index (χ0n) is 19.9. The number of nitrogens with zero attached hydrogens (tertiary/aromatic N) is 4. The van der Waals surface area contributed by atoms with E-state index >= 15 is 0 Å². The molecule has 10 nitrogen and oxygen atoms in total. The molecule has 3 N–H and O–H groups in total. The first kappa shape index (κ1) is 24.2. The van der Waals surface area contributed by atoms with Crippen molar-refractivity contribution in [2.24, 2.45) is 0 Å². The largest absolute Gasteiger partial charge is 0.456 e. The molecule has 2 aromatic heterocycles. The number of carbonyl (C=O) groups excluding carboxylic acids is 1. The third-order valence-electron chi connectivity index (χ3n) is 5.29. The van der Waals surface area contributed by atoms with Gasteiger partial charge in [-0.1, -0.05) is 55.5 Å². The summed E-state index contributed by atoms with van der Waals surface area (Å²) in [6.07, 6.45) is 0.870. The number of imidazole rings is 1. The van der Waals surface area contributed by atoms with Gasteiger partial charge in [0.2, 0.25) is 5.82 Å². The van der Waals surface area contributed by atoms with E-state index in [9.17, 15) is 9.90 Å². The summed E-state index contributed by atoms with van der Waals surface area (Å²) in [5, 5.41) is 24.8. The second-order valence-electron chi connectivity index (χ2n) is 8.57. The lowest BCUT2D eigenvalue weighted by Crippen LogP contribution is -2.21. The van der Waals surface area contributed by atoms with E-state index in [1.807, 2.05) is 55.5 Å². The molecule has 0 saturated carbocycles. The average Bonchev–Trinajstić information content (AvgIpc) is 3.54. The molecule has 0 saturated heterocycles. The van der Waals surface area contributed by atoms with Crippen molar-refractivity contribution in [3.63, 3.8) is 0 Å². The number of hydrogen-bond donors (Lipinski definition) is 3. The van der Waals surface area contributed by atoms with Crippen LogP contribution in [0.25, 0.3) is 22.5 Å². The predicted molar refractivity (Wildman–Crippen MR) is 128 cm³/mol. The molecule has 182 valence electrons. The van der Waals surface area contributed by atoms with Crippen molar-refractivity contribution in [3.05, 3.63) is 71.3 Å². The molecule has 2 heterocycles. The molecule has 2 aromatic carbocycles. The van der Waals surface area contributed by atoms with Crippen LogP contribution >= 0.6 is 0 Å². The summed E-state index contributed by atoms with van der Waals surface area (Å²) >= 11 is 0. The highest BCUT2D eigenvalue weighted by atomic mass is 16.5. The lowest BCUT2D eigenvalue weighted by molar-refractivity contribution is 0.0428. The molecular weight excluding hydrogens is 448 g/mol. The lowest BCUT2D eigenvalue weighted by Gasteiger charge is -2.16. The molecule has 0 amide bonds. The fraction of sp³-hybridized carbons (Fsp3) is 0.320. The van der Waals surface area contributed by atoms with Crippen LogP contribution in [0.1, 0.15) is 54.8 Å². The highest BCUT2D eigenvalue weighted by Crippen LogP contribution is 2.30. The number of benzene rings is 2. The summed E-state index contributed by atoms with van der Waals surface area (Å²) in [5.74, 6) is 0.360. The minimum Gasteiger partial charge on any atom is -0.456 e. The smallest absolute Gasteiger partial charge is 0.359 e. The first-order valence-corrected chi connectivity index (χ1v) is 11.4. The van der Waals surface area contributed by atoms with Crippen molar-refractivity contribution >= 4 is 5.97 Å². The molecule has 0 spiro atoms. The normalized spacial score (nSPS) is 11.5. The van der Waals surface area contributed by atoms with Gasteiger partial charge in [-0.15, -0.1) is 10.2 Å². The van der Waals surface area contributed by atoms with Crippen LogP contribution < -0.4 is 0 Å². The van der Waals surface area contributed by atoms with Gasteiger partial charge in [-0.2, -0.15) is 5.21 Å². The molecule has 0 aliphatic heterocycles. The number of esters is 1. The number of carbonyl (C=O) groups is 1. The van der Waals surface area contributed by atoms with Gasteiger partial charge in [-0.25, -0.2) is 9.78 Å². The van der Waals surface area contributed by atoms with E-state index < -0.39 is 11.6 Å².